The van der Waals surface area contributed by atoms with E-state index in [1.54, 1.807) is 0 Å². The standard InChI is InChI=1S/C16H26N2/c1-18(13-10-15-7-3-2-4-8-15)14-11-16-9-5-6-12-17-16/h5-6,9,12,15H,2-4,7-8,10-11,13-14H2,1H3. The van der Waals surface area contributed by atoms with Gasteiger partial charge < -0.3 is 4.90 Å². The molecule has 0 N–H and O–H groups in total. The zero-order valence-corrected chi connectivity index (χ0v) is 11.6. The Bertz CT molecular complexity index is 317. The van der Waals surface area contributed by atoms with Crippen molar-refractivity contribution in [2.24, 2.45) is 5.92 Å². The Morgan fingerprint density at radius 2 is 2.00 bits per heavy atom. The van der Waals surface area contributed by atoms with Crippen molar-refractivity contribution in [3.63, 3.8) is 0 Å². The van der Waals surface area contributed by atoms with Crippen LogP contribution in [-0.2, 0) is 6.42 Å². The maximum Gasteiger partial charge on any atom is 0.0416 e. The summed E-state index contributed by atoms with van der Waals surface area (Å²) >= 11 is 0. The van der Waals surface area contributed by atoms with E-state index in [-0.39, 0.29) is 0 Å². The fourth-order valence-corrected chi connectivity index (χ4v) is 2.84. The first-order valence-electron chi connectivity index (χ1n) is 7.43. The third-order valence-electron chi connectivity index (χ3n) is 4.12. The Balaban J connectivity index is 1.61. The summed E-state index contributed by atoms with van der Waals surface area (Å²) in [6.45, 7) is 2.38. The third kappa shape index (κ3) is 4.77. The molecule has 0 atom stereocenters. The van der Waals surface area contributed by atoms with Crippen LogP contribution in [0.5, 0.6) is 0 Å². The molecule has 0 aromatic carbocycles. The summed E-state index contributed by atoms with van der Waals surface area (Å²) in [5, 5.41) is 0. The van der Waals surface area contributed by atoms with Crippen LogP contribution in [0.3, 0.4) is 0 Å². The van der Waals surface area contributed by atoms with Crippen LogP contribution in [0.1, 0.15) is 44.2 Å². The lowest BCUT2D eigenvalue weighted by molar-refractivity contribution is 0.266. The van der Waals surface area contributed by atoms with Gasteiger partial charge in [0.2, 0.25) is 0 Å². The Morgan fingerprint density at radius 3 is 2.72 bits per heavy atom. The second-order valence-electron chi connectivity index (χ2n) is 5.67. The minimum atomic E-state index is 0.996. The lowest BCUT2D eigenvalue weighted by atomic mass is 9.87. The van der Waals surface area contributed by atoms with E-state index < -0.39 is 0 Å². The molecule has 2 nitrogen and oxygen atoms in total. The summed E-state index contributed by atoms with van der Waals surface area (Å²) in [7, 11) is 2.24. The van der Waals surface area contributed by atoms with Crippen molar-refractivity contribution in [2.75, 3.05) is 20.1 Å². The van der Waals surface area contributed by atoms with Crippen molar-refractivity contribution in [1.82, 2.24) is 9.88 Å². The van der Waals surface area contributed by atoms with Gasteiger partial charge in [0.15, 0.2) is 0 Å². The van der Waals surface area contributed by atoms with Crippen LogP contribution >= 0.6 is 0 Å². The maximum atomic E-state index is 4.37. The molecule has 0 saturated heterocycles. The van der Waals surface area contributed by atoms with Crippen LogP contribution in [0.15, 0.2) is 24.4 Å². The van der Waals surface area contributed by atoms with E-state index in [1.807, 2.05) is 12.3 Å². The molecule has 0 bridgehead atoms. The van der Waals surface area contributed by atoms with Crippen LogP contribution < -0.4 is 0 Å². The van der Waals surface area contributed by atoms with Gasteiger partial charge in [-0.25, -0.2) is 0 Å². The van der Waals surface area contributed by atoms with Gasteiger partial charge in [0, 0.05) is 24.9 Å². The highest BCUT2D eigenvalue weighted by molar-refractivity contribution is 5.03. The van der Waals surface area contributed by atoms with Crippen LogP contribution in [0.25, 0.3) is 0 Å². The highest BCUT2D eigenvalue weighted by atomic mass is 15.1. The Kier molecular flexibility index (Phi) is 5.66. The first-order valence-corrected chi connectivity index (χ1v) is 7.43. The third-order valence-corrected chi connectivity index (χ3v) is 4.12. The number of pyridine rings is 1. The summed E-state index contributed by atoms with van der Waals surface area (Å²) in [5.74, 6) is 0.996. The summed E-state index contributed by atoms with van der Waals surface area (Å²) < 4.78 is 0. The van der Waals surface area contributed by atoms with E-state index in [0.717, 1.165) is 18.9 Å². The molecule has 0 aliphatic heterocycles. The average Bonchev–Trinajstić information content (AvgIpc) is 2.45. The minimum absolute atomic E-state index is 0.996. The van der Waals surface area contributed by atoms with Gasteiger partial charge in [-0.15, -0.1) is 0 Å². The van der Waals surface area contributed by atoms with Gasteiger partial charge in [0.05, 0.1) is 0 Å². The van der Waals surface area contributed by atoms with Crippen molar-refractivity contribution in [2.45, 2.75) is 44.9 Å². The summed E-state index contributed by atoms with van der Waals surface area (Å²) in [6, 6.07) is 6.18. The van der Waals surface area contributed by atoms with Gasteiger partial charge >= 0.3 is 0 Å². The molecule has 2 rings (SSSR count). The van der Waals surface area contributed by atoms with Gasteiger partial charge in [-0.05, 0) is 38.1 Å². The predicted molar refractivity (Wildman–Crippen MR) is 76.6 cm³/mol. The zero-order chi connectivity index (χ0) is 12.6. The Labute approximate surface area is 111 Å². The summed E-state index contributed by atoms with van der Waals surface area (Å²) in [4.78, 5) is 6.84. The molecule has 2 heteroatoms. The second kappa shape index (κ2) is 7.52. The van der Waals surface area contributed by atoms with Crippen LogP contribution in [0.2, 0.25) is 0 Å². The molecule has 1 aromatic rings. The van der Waals surface area contributed by atoms with Crippen molar-refractivity contribution >= 4 is 0 Å². The number of hydrogen-bond acceptors (Lipinski definition) is 2. The maximum absolute atomic E-state index is 4.37. The van der Waals surface area contributed by atoms with Gasteiger partial charge in [0.25, 0.3) is 0 Å². The molecule has 1 heterocycles. The number of hydrogen-bond donors (Lipinski definition) is 0. The molecule has 1 aliphatic rings. The summed E-state index contributed by atoms with van der Waals surface area (Å²) in [6.07, 6.45) is 11.7. The number of nitrogens with zero attached hydrogens (tertiary/aromatic N) is 2. The van der Waals surface area contributed by atoms with Crippen molar-refractivity contribution in [3.05, 3.63) is 30.1 Å². The predicted octanol–water partition coefficient (Wildman–Crippen LogP) is 3.53. The molecule has 1 aromatic heterocycles. The Morgan fingerprint density at radius 1 is 1.17 bits per heavy atom. The molecule has 1 saturated carbocycles. The number of rotatable bonds is 6. The highest BCUT2D eigenvalue weighted by Crippen LogP contribution is 2.26. The minimum Gasteiger partial charge on any atom is -0.306 e. The zero-order valence-electron chi connectivity index (χ0n) is 11.6. The fourth-order valence-electron chi connectivity index (χ4n) is 2.84. The van der Waals surface area contributed by atoms with E-state index >= 15 is 0 Å². The van der Waals surface area contributed by atoms with Crippen molar-refractivity contribution < 1.29 is 0 Å². The molecule has 0 radical (unpaired) electrons. The molecule has 1 aliphatic carbocycles. The van der Waals surface area contributed by atoms with Crippen LogP contribution in [0.4, 0.5) is 0 Å². The van der Waals surface area contributed by atoms with Crippen molar-refractivity contribution in [1.29, 1.82) is 0 Å². The number of aromatic nitrogens is 1. The van der Waals surface area contributed by atoms with Crippen LogP contribution in [-0.4, -0.2) is 30.0 Å². The highest BCUT2D eigenvalue weighted by Gasteiger charge is 2.13. The number of likely N-dealkylation sites (N-methyl/N-ethyl adjacent to an activating group) is 1. The van der Waals surface area contributed by atoms with Gasteiger partial charge in [-0.2, -0.15) is 0 Å². The topological polar surface area (TPSA) is 16.1 Å². The largest absolute Gasteiger partial charge is 0.306 e. The molecular weight excluding hydrogens is 220 g/mol. The lowest BCUT2D eigenvalue weighted by Gasteiger charge is -2.24. The quantitative estimate of drug-likeness (QED) is 0.763. The average molecular weight is 246 g/mol. The molecule has 0 amide bonds. The molecule has 0 unspecified atom stereocenters. The second-order valence-corrected chi connectivity index (χ2v) is 5.67. The molecule has 1 fully saturated rings. The van der Waals surface area contributed by atoms with Crippen molar-refractivity contribution in [3.8, 4) is 0 Å². The van der Waals surface area contributed by atoms with Crippen LogP contribution in [0, 0.1) is 5.92 Å². The molecule has 0 spiro atoms. The fraction of sp³-hybridized carbons (Fsp3) is 0.688. The van der Waals surface area contributed by atoms with E-state index in [2.05, 4.69) is 29.1 Å². The van der Waals surface area contributed by atoms with Gasteiger partial charge in [0.1, 0.15) is 0 Å². The smallest absolute Gasteiger partial charge is 0.0416 e. The van der Waals surface area contributed by atoms with E-state index in [0.29, 0.717) is 0 Å². The first kappa shape index (κ1) is 13.5. The van der Waals surface area contributed by atoms with Gasteiger partial charge in [-0.1, -0.05) is 38.2 Å². The monoisotopic (exact) mass is 246 g/mol. The SMILES string of the molecule is CN(CCc1ccccn1)CCC1CCCCC1. The molecule has 100 valence electrons. The van der Waals surface area contributed by atoms with E-state index in [9.17, 15) is 0 Å². The van der Waals surface area contributed by atoms with E-state index in [1.165, 1.54) is 50.8 Å². The van der Waals surface area contributed by atoms with E-state index in [4.69, 9.17) is 0 Å². The molecular formula is C16H26N2. The van der Waals surface area contributed by atoms with Gasteiger partial charge in [-0.3, -0.25) is 4.98 Å². The Hall–Kier alpha value is -0.890. The summed E-state index contributed by atoms with van der Waals surface area (Å²) in [5.41, 5.74) is 1.21. The normalized spacial score (nSPS) is 17.2. The first-order chi connectivity index (χ1) is 8.84. The molecule has 18 heavy (non-hydrogen) atoms. The lowest BCUT2D eigenvalue weighted by Crippen LogP contribution is -2.25.